The van der Waals surface area contributed by atoms with E-state index >= 15 is 0 Å². The number of nitrogens with zero attached hydrogens (tertiary/aromatic N) is 3. The molecule has 0 saturated carbocycles. The molecule has 5 nitrogen and oxygen atoms in total. The van der Waals surface area contributed by atoms with E-state index < -0.39 is 0 Å². The Kier molecular flexibility index (Phi) is 4.81. The number of anilines is 1. The molecule has 4 rings (SSSR count). The van der Waals surface area contributed by atoms with Gasteiger partial charge in [-0.1, -0.05) is 23.7 Å². The van der Waals surface area contributed by atoms with Crippen molar-refractivity contribution in [2.24, 2.45) is 4.99 Å². The number of benzene rings is 2. The molecule has 1 aliphatic heterocycles. The number of amidine groups is 1. The second-order valence-corrected chi connectivity index (χ2v) is 7.45. The van der Waals surface area contributed by atoms with E-state index in [1.807, 2.05) is 43.4 Å². The number of aliphatic imine (C=N–C) groups is 1. The number of H-pyrrole nitrogens is 1. The first kappa shape index (κ1) is 17.9. The van der Waals surface area contributed by atoms with E-state index in [0.29, 0.717) is 5.02 Å². The monoisotopic (exact) mass is 382 g/mol. The molecule has 0 unspecified atom stereocenters. The summed E-state index contributed by atoms with van der Waals surface area (Å²) in [4.78, 5) is 12.7. The minimum absolute atomic E-state index is 0.692. The van der Waals surface area contributed by atoms with Crippen LogP contribution < -0.4 is 9.64 Å². The summed E-state index contributed by atoms with van der Waals surface area (Å²) >= 11 is 6.19. The molecule has 0 radical (unpaired) electrons. The summed E-state index contributed by atoms with van der Waals surface area (Å²) in [5.74, 6) is 2.49. The van der Waals surface area contributed by atoms with Crippen molar-refractivity contribution < 1.29 is 4.74 Å². The van der Waals surface area contributed by atoms with Crippen molar-refractivity contribution in [2.45, 2.75) is 6.42 Å². The van der Waals surface area contributed by atoms with Gasteiger partial charge in [-0.15, -0.1) is 0 Å². The van der Waals surface area contributed by atoms with Crippen LogP contribution in [0.4, 0.5) is 5.69 Å². The smallest absolute Gasteiger partial charge is 0.164 e. The molecular weight excluding hydrogens is 360 g/mol. The van der Waals surface area contributed by atoms with Gasteiger partial charge < -0.3 is 19.5 Å². The average molecular weight is 383 g/mol. The first-order valence-corrected chi connectivity index (χ1v) is 9.44. The van der Waals surface area contributed by atoms with Crippen molar-refractivity contribution in [3.05, 3.63) is 53.2 Å². The zero-order valence-electron chi connectivity index (χ0n) is 15.8. The van der Waals surface area contributed by atoms with Crippen LogP contribution in [0.2, 0.25) is 5.02 Å². The van der Waals surface area contributed by atoms with Gasteiger partial charge in [0, 0.05) is 24.0 Å². The number of aromatic nitrogens is 1. The van der Waals surface area contributed by atoms with Crippen LogP contribution in [0.3, 0.4) is 0 Å². The van der Waals surface area contributed by atoms with E-state index in [4.69, 9.17) is 21.3 Å². The van der Waals surface area contributed by atoms with Gasteiger partial charge in [0.05, 0.1) is 11.2 Å². The van der Waals surface area contributed by atoms with E-state index in [9.17, 15) is 0 Å². The fourth-order valence-corrected chi connectivity index (χ4v) is 3.55. The molecule has 2 aromatic carbocycles. The fourth-order valence-electron chi connectivity index (χ4n) is 3.38. The third kappa shape index (κ3) is 3.40. The van der Waals surface area contributed by atoms with E-state index in [-0.39, 0.29) is 0 Å². The number of nitrogens with one attached hydrogen (secondary N) is 1. The molecule has 140 valence electrons. The van der Waals surface area contributed by atoms with Gasteiger partial charge in [0.2, 0.25) is 0 Å². The summed E-state index contributed by atoms with van der Waals surface area (Å²) < 4.78 is 6.34. The molecule has 0 fully saturated rings. The first-order valence-electron chi connectivity index (χ1n) is 9.06. The molecule has 6 heteroatoms. The van der Waals surface area contributed by atoms with Gasteiger partial charge in [-0.2, -0.15) is 0 Å². The zero-order chi connectivity index (χ0) is 19.0. The maximum Gasteiger partial charge on any atom is 0.164 e. The molecule has 0 amide bonds. The molecule has 2 heterocycles. The van der Waals surface area contributed by atoms with Gasteiger partial charge in [-0.25, -0.2) is 0 Å². The van der Waals surface area contributed by atoms with Crippen molar-refractivity contribution in [1.82, 2.24) is 9.88 Å². The molecular formula is C21H23ClN4O. The lowest BCUT2D eigenvalue weighted by atomic mass is 10.2. The standard InChI is InChI=1S/C21H23ClN4O/c1-25(2)12-6-11-23-21-19-20(15-10-9-14(22)13-16(15)24-19)27-18-8-5-4-7-17(18)26(21)3/h4-5,7-10,13,24H,6,11-12H2,1-3H3. The summed E-state index contributed by atoms with van der Waals surface area (Å²) in [6.45, 7) is 1.75. The molecule has 0 atom stereocenters. The lowest BCUT2D eigenvalue weighted by Crippen LogP contribution is -2.27. The van der Waals surface area contributed by atoms with Crippen LogP contribution >= 0.6 is 11.6 Å². The highest BCUT2D eigenvalue weighted by molar-refractivity contribution is 6.31. The number of rotatable bonds is 4. The highest BCUT2D eigenvalue weighted by Crippen LogP contribution is 2.42. The maximum absolute atomic E-state index is 6.34. The SMILES string of the molecule is CN(C)CCCN=C1c2[nH]c3cc(Cl)ccc3c2Oc2ccccc2N1C. The second-order valence-electron chi connectivity index (χ2n) is 7.01. The summed E-state index contributed by atoms with van der Waals surface area (Å²) in [5.41, 5.74) is 2.83. The Labute approximate surface area is 164 Å². The molecule has 0 bridgehead atoms. The van der Waals surface area contributed by atoms with Crippen LogP contribution in [0, 0.1) is 0 Å². The van der Waals surface area contributed by atoms with Crippen LogP contribution in [0.1, 0.15) is 12.1 Å². The Hall–Kier alpha value is -2.50. The number of hydrogen-bond donors (Lipinski definition) is 1. The third-order valence-electron chi connectivity index (χ3n) is 4.72. The Morgan fingerprint density at radius 1 is 1.19 bits per heavy atom. The molecule has 0 saturated heterocycles. The summed E-state index contributed by atoms with van der Waals surface area (Å²) in [6, 6.07) is 13.8. The normalized spacial score (nSPS) is 15.0. The maximum atomic E-state index is 6.34. The molecule has 0 spiro atoms. The highest BCUT2D eigenvalue weighted by Gasteiger charge is 2.27. The Morgan fingerprint density at radius 3 is 2.81 bits per heavy atom. The van der Waals surface area contributed by atoms with Crippen molar-refractivity contribution in [1.29, 1.82) is 0 Å². The fraction of sp³-hybridized carbons (Fsp3) is 0.286. The van der Waals surface area contributed by atoms with Gasteiger partial charge in [-0.05, 0) is 57.4 Å². The predicted octanol–water partition coefficient (Wildman–Crippen LogP) is 4.76. The molecule has 1 aromatic heterocycles. The van der Waals surface area contributed by atoms with E-state index in [2.05, 4.69) is 34.9 Å². The Morgan fingerprint density at radius 2 is 2.00 bits per heavy atom. The highest BCUT2D eigenvalue weighted by atomic mass is 35.5. The second kappa shape index (κ2) is 7.25. The van der Waals surface area contributed by atoms with E-state index in [1.165, 1.54) is 0 Å². The van der Waals surface area contributed by atoms with E-state index in [1.54, 1.807) is 0 Å². The van der Waals surface area contributed by atoms with Crippen molar-refractivity contribution in [3.8, 4) is 11.5 Å². The molecule has 1 aliphatic rings. The van der Waals surface area contributed by atoms with Crippen LogP contribution in [-0.2, 0) is 0 Å². The van der Waals surface area contributed by atoms with Crippen molar-refractivity contribution >= 4 is 34.0 Å². The number of ether oxygens (including phenoxy) is 1. The minimum atomic E-state index is 0.692. The van der Waals surface area contributed by atoms with Gasteiger partial charge in [-0.3, -0.25) is 4.99 Å². The summed E-state index contributed by atoms with van der Waals surface area (Å²) in [5, 5.41) is 1.69. The van der Waals surface area contributed by atoms with Gasteiger partial charge >= 0.3 is 0 Å². The predicted molar refractivity (Wildman–Crippen MR) is 113 cm³/mol. The molecule has 0 aliphatic carbocycles. The van der Waals surface area contributed by atoms with Crippen LogP contribution in [0.5, 0.6) is 11.5 Å². The number of halogens is 1. The Balaban J connectivity index is 1.84. The first-order chi connectivity index (χ1) is 13.0. The van der Waals surface area contributed by atoms with Crippen LogP contribution in [0.15, 0.2) is 47.5 Å². The lowest BCUT2D eigenvalue weighted by molar-refractivity contribution is 0.403. The minimum Gasteiger partial charge on any atom is -0.452 e. The number of fused-ring (bicyclic) bond motifs is 4. The summed E-state index contributed by atoms with van der Waals surface area (Å²) in [7, 11) is 6.18. The quantitative estimate of drug-likeness (QED) is 0.661. The lowest BCUT2D eigenvalue weighted by Gasteiger charge is -2.20. The molecule has 1 N–H and O–H groups in total. The topological polar surface area (TPSA) is 43.9 Å². The van der Waals surface area contributed by atoms with Crippen molar-refractivity contribution in [3.63, 3.8) is 0 Å². The van der Waals surface area contributed by atoms with Crippen molar-refractivity contribution in [2.75, 3.05) is 39.1 Å². The van der Waals surface area contributed by atoms with Gasteiger partial charge in [0.25, 0.3) is 0 Å². The molecule has 27 heavy (non-hydrogen) atoms. The van der Waals surface area contributed by atoms with Gasteiger partial charge in [0.1, 0.15) is 5.69 Å². The average Bonchev–Trinajstić information content (AvgIpc) is 2.93. The zero-order valence-corrected chi connectivity index (χ0v) is 16.5. The largest absolute Gasteiger partial charge is 0.452 e. The third-order valence-corrected chi connectivity index (χ3v) is 4.95. The number of aromatic amines is 1. The van der Waals surface area contributed by atoms with Crippen LogP contribution in [-0.4, -0.2) is 50.0 Å². The van der Waals surface area contributed by atoms with Crippen LogP contribution in [0.25, 0.3) is 10.9 Å². The number of para-hydroxylation sites is 2. The number of hydrogen-bond acceptors (Lipinski definition) is 3. The Bertz CT molecular complexity index is 1010. The van der Waals surface area contributed by atoms with E-state index in [0.717, 1.165) is 59.1 Å². The van der Waals surface area contributed by atoms with Gasteiger partial charge in [0.15, 0.2) is 17.3 Å². The molecule has 3 aromatic rings. The summed E-state index contributed by atoms with van der Waals surface area (Å²) in [6.07, 6.45) is 0.994.